The molecule has 2 aromatic rings. The molecule has 0 unspecified atom stereocenters. The van der Waals surface area contributed by atoms with Gasteiger partial charge in [0.25, 0.3) is 5.56 Å². The molecule has 0 spiro atoms. The number of halogens is 1. The number of nitrogens with zero attached hydrogens (tertiary/aromatic N) is 1. The Morgan fingerprint density at radius 3 is 2.67 bits per heavy atom. The van der Waals surface area contributed by atoms with Crippen LogP contribution in [0.25, 0.3) is 11.3 Å². The number of nitrogens with one attached hydrogen (secondary N) is 1. The Labute approximate surface area is 102 Å². The Hall–Kier alpha value is -2.02. The molecule has 0 bridgehead atoms. The zero-order valence-electron chi connectivity index (χ0n) is 9.34. The van der Waals surface area contributed by atoms with Gasteiger partial charge in [-0.3, -0.25) is 4.79 Å². The number of sulfone groups is 1. The van der Waals surface area contributed by atoms with E-state index in [1.54, 1.807) is 0 Å². The molecule has 0 saturated heterocycles. The highest BCUT2D eigenvalue weighted by molar-refractivity contribution is 7.90. The molecular formula is C11H9FN2O3S. The molecule has 2 rings (SSSR count). The number of rotatable bonds is 2. The van der Waals surface area contributed by atoms with Gasteiger partial charge in [0.2, 0.25) is 0 Å². The van der Waals surface area contributed by atoms with Crippen molar-refractivity contribution < 1.29 is 12.8 Å². The molecule has 0 aliphatic carbocycles. The minimum Gasteiger partial charge on any atom is -0.326 e. The van der Waals surface area contributed by atoms with Gasteiger partial charge in [0, 0.05) is 18.0 Å². The van der Waals surface area contributed by atoms with Gasteiger partial charge in [0.15, 0.2) is 20.7 Å². The van der Waals surface area contributed by atoms with Crippen LogP contribution in [0, 0.1) is 5.82 Å². The minimum atomic E-state index is -3.43. The number of pyridine rings is 2. The molecule has 7 heteroatoms. The van der Waals surface area contributed by atoms with Gasteiger partial charge in [-0.2, -0.15) is 0 Å². The Bertz CT molecular complexity index is 753. The summed E-state index contributed by atoms with van der Waals surface area (Å²) >= 11 is 0. The van der Waals surface area contributed by atoms with E-state index < -0.39 is 21.2 Å². The summed E-state index contributed by atoms with van der Waals surface area (Å²) in [6.45, 7) is 0. The van der Waals surface area contributed by atoms with E-state index in [1.807, 2.05) is 0 Å². The summed E-state index contributed by atoms with van der Waals surface area (Å²) in [6, 6.07) is 5.39. The third kappa shape index (κ3) is 2.45. The van der Waals surface area contributed by atoms with Gasteiger partial charge in [0.1, 0.15) is 0 Å². The van der Waals surface area contributed by atoms with Gasteiger partial charge in [-0.1, -0.05) is 6.07 Å². The van der Waals surface area contributed by atoms with Crippen molar-refractivity contribution in [2.75, 3.05) is 6.26 Å². The van der Waals surface area contributed by atoms with Crippen molar-refractivity contribution in [1.29, 1.82) is 0 Å². The van der Waals surface area contributed by atoms with E-state index in [4.69, 9.17) is 0 Å². The lowest BCUT2D eigenvalue weighted by atomic mass is 10.2. The lowest BCUT2D eigenvalue weighted by Gasteiger charge is -2.03. The van der Waals surface area contributed by atoms with Gasteiger partial charge in [0.05, 0.1) is 5.69 Å². The maximum absolute atomic E-state index is 13.1. The average molecular weight is 268 g/mol. The monoisotopic (exact) mass is 268 g/mol. The van der Waals surface area contributed by atoms with Crippen LogP contribution >= 0.6 is 0 Å². The third-order valence-corrected chi connectivity index (χ3v) is 3.24. The largest absolute Gasteiger partial charge is 0.326 e. The van der Waals surface area contributed by atoms with Crippen molar-refractivity contribution in [3.05, 3.63) is 46.6 Å². The zero-order chi connectivity index (χ0) is 13.3. The molecule has 0 amide bonds. The van der Waals surface area contributed by atoms with Gasteiger partial charge >= 0.3 is 0 Å². The predicted octanol–water partition coefficient (Wildman–Crippen LogP) is 0.980. The Morgan fingerprint density at radius 1 is 1.33 bits per heavy atom. The summed E-state index contributed by atoms with van der Waals surface area (Å²) in [7, 11) is -3.43. The second kappa shape index (κ2) is 4.34. The maximum atomic E-state index is 13.1. The summed E-state index contributed by atoms with van der Waals surface area (Å²) in [5, 5.41) is -0.105. The van der Waals surface area contributed by atoms with E-state index in [1.165, 1.54) is 24.4 Å². The Balaban J connectivity index is 2.58. The molecule has 0 aliphatic rings. The molecule has 0 fully saturated rings. The highest BCUT2D eigenvalue weighted by atomic mass is 32.2. The van der Waals surface area contributed by atoms with Crippen molar-refractivity contribution >= 4 is 9.84 Å². The molecule has 0 aliphatic heterocycles. The first kappa shape index (κ1) is 12.4. The van der Waals surface area contributed by atoms with Crippen LogP contribution in [0.3, 0.4) is 0 Å². The van der Waals surface area contributed by atoms with Crippen molar-refractivity contribution in [2.24, 2.45) is 0 Å². The molecular weight excluding hydrogens is 259 g/mol. The molecule has 5 nitrogen and oxygen atoms in total. The second-order valence-electron chi connectivity index (χ2n) is 3.70. The fourth-order valence-electron chi connectivity index (χ4n) is 1.39. The number of aromatic nitrogens is 2. The normalized spacial score (nSPS) is 11.4. The molecule has 94 valence electrons. The van der Waals surface area contributed by atoms with Crippen molar-refractivity contribution in [3.63, 3.8) is 0 Å². The van der Waals surface area contributed by atoms with Gasteiger partial charge < -0.3 is 4.98 Å². The smallest absolute Gasteiger partial charge is 0.283 e. The maximum Gasteiger partial charge on any atom is 0.283 e. The topological polar surface area (TPSA) is 79.9 Å². The number of aromatic amines is 1. The Morgan fingerprint density at radius 2 is 2.06 bits per heavy atom. The summed E-state index contributed by atoms with van der Waals surface area (Å²) in [5.41, 5.74) is -0.260. The standard InChI is InChI=1S/C11H9FN2O3S/c1-18(16,17)10-4-2-3-9(14-10)7-5-8(12)11(15)13-6-7/h2-6H,1H3,(H,13,15). The highest BCUT2D eigenvalue weighted by Gasteiger charge is 2.11. The molecule has 0 aromatic carbocycles. The summed E-state index contributed by atoms with van der Waals surface area (Å²) in [4.78, 5) is 17.0. The van der Waals surface area contributed by atoms with Crippen LogP contribution in [-0.2, 0) is 9.84 Å². The molecule has 0 radical (unpaired) electrons. The van der Waals surface area contributed by atoms with E-state index in [2.05, 4.69) is 9.97 Å². The molecule has 0 atom stereocenters. The van der Waals surface area contributed by atoms with E-state index >= 15 is 0 Å². The SMILES string of the molecule is CS(=O)(=O)c1cccc(-c2c[nH]c(=O)c(F)c2)n1. The van der Waals surface area contributed by atoms with Crippen LogP contribution in [-0.4, -0.2) is 24.6 Å². The van der Waals surface area contributed by atoms with Gasteiger partial charge in [-0.25, -0.2) is 17.8 Å². The van der Waals surface area contributed by atoms with Gasteiger partial charge in [-0.15, -0.1) is 0 Å². The van der Waals surface area contributed by atoms with Crippen molar-refractivity contribution in [1.82, 2.24) is 9.97 Å². The number of H-pyrrole nitrogens is 1. The van der Waals surface area contributed by atoms with Crippen molar-refractivity contribution in [3.8, 4) is 11.3 Å². The summed E-state index contributed by atoms with van der Waals surface area (Å²) in [5.74, 6) is -0.945. The van der Waals surface area contributed by atoms with E-state index in [-0.39, 0.29) is 10.7 Å². The molecule has 0 saturated carbocycles. The zero-order valence-corrected chi connectivity index (χ0v) is 10.2. The van der Waals surface area contributed by atoms with Crippen LogP contribution in [0.2, 0.25) is 0 Å². The van der Waals surface area contributed by atoms with Crippen LogP contribution < -0.4 is 5.56 Å². The highest BCUT2D eigenvalue weighted by Crippen LogP contribution is 2.17. The fraction of sp³-hybridized carbons (Fsp3) is 0.0909. The predicted molar refractivity (Wildman–Crippen MR) is 63.4 cm³/mol. The molecule has 2 heterocycles. The molecule has 1 N–H and O–H groups in total. The lowest BCUT2D eigenvalue weighted by molar-refractivity contribution is 0.598. The van der Waals surface area contributed by atoms with Crippen LogP contribution in [0.1, 0.15) is 0 Å². The molecule has 18 heavy (non-hydrogen) atoms. The average Bonchev–Trinajstić information content (AvgIpc) is 2.32. The number of hydrogen-bond acceptors (Lipinski definition) is 4. The summed E-state index contributed by atoms with van der Waals surface area (Å²) in [6.07, 6.45) is 2.31. The van der Waals surface area contributed by atoms with Crippen LogP contribution in [0.5, 0.6) is 0 Å². The van der Waals surface area contributed by atoms with E-state index in [9.17, 15) is 17.6 Å². The summed E-state index contributed by atoms with van der Waals surface area (Å²) < 4.78 is 35.8. The molecule has 2 aromatic heterocycles. The third-order valence-electron chi connectivity index (χ3n) is 2.26. The first-order valence-corrected chi connectivity index (χ1v) is 6.83. The van der Waals surface area contributed by atoms with Crippen LogP contribution in [0.4, 0.5) is 4.39 Å². The first-order valence-electron chi connectivity index (χ1n) is 4.93. The second-order valence-corrected chi connectivity index (χ2v) is 5.66. The van der Waals surface area contributed by atoms with E-state index in [0.717, 1.165) is 12.3 Å². The number of hydrogen-bond donors (Lipinski definition) is 1. The quantitative estimate of drug-likeness (QED) is 0.880. The Kier molecular flexibility index (Phi) is 3.00. The fourth-order valence-corrected chi connectivity index (χ4v) is 1.98. The lowest BCUT2D eigenvalue weighted by Crippen LogP contribution is -2.09. The first-order chi connectivity index (χ1) is 8.38. The van der Waals surface area contributed by atoms with Crippen LogP contribution in [0.15, 0.2) is 40.3 Å². The van der Waals surface area contributed by atoms with E-state index in [0.29, 0.717) is 5.56 Å². The van der Waals surface area contributed by atoms with Crippen molar-refractivity contribution in [2.45, 2.75) is 5.03 Å². The van der Waals surface area contributed by atoms with Gasteiger partial charge in [-0.05, 0) is 18.2 Å². The minimum absolute atomic E-state index is 0.105.